The third-order valence-electron chi connectivity index (χ3n) is 4.63. The van der Waals surface area contributed by atoms with Crippen LogP contribution in [0, 0.1) is 17.2 Å². The van der Waals surface area contributed by atoms with Crippen molar-refractivity contribution in [3.8, 4) is 6.07 Å². The van der Waals surface area contributed by atoms with E-state index in [-0.39, 0.29) is 17.9 Å². The van der Waals surface area contributed by atoms with Gasteiger partial charge in [0.25, 0.3) is 0 Å². The Bertz CT molecular complexity index is 794. The summed E-state index contributed by atoms with van der Waals surface area (Å²) in [5, 5.41) is 18.5. The van der Waals surface area contributed by atoms with Crippen LogP contribution in [0.2, 0.25) is 0 Å². The van der Waals surface area contributed by atoms with E-state index in [1.165, 1.54) is 0 Å². The van der Waals surface area contributed by atoms with Crippen LogP contribution in [-0.2, 0) is 23.1 Å². The molecule has 1 aliphatic rings. The van der Waals surface area contributed by atoms with Crippen LogP contribution in [0.3, 0.4) is 0 Å². The zero-order chi connectivity index (χ0) is 18.5. The molecule has 0 spiro atoms. The molecule has 1 fully saturated rings. The molecule has 0 aromatic carbocycles. The van der Waals surface area contributed by atoms with Gasteiger partial charge in [-0.05, 0) is 6.07 Å². The third-order valence-corrected chi connectivity index (χ3v) is 5.57. The topological polar surface area (TPSA) is 83.2 Å². The zero-order valence-electron chi connectivity index (χ0n) is 15.0. The van der Waals surface area contributed by atoms with E-state index in [2.05, 4.69) is 16.5 Å². The summed E-state index contributed by atoms with van der Waals surface area (Å²) in [6, 6.07) is 4.07. The number of thiophene rings is 1. The number of nitriles is 1. The molecule has 3 rings (SSSR count). The highest BCUT2D eigenvalue weighted by Gasteiger charge is 2.40. The smallest absolute Gasteiger partial charge is 0.223 e. The largest absolute Gasteiger partial charge is 0.383 e. The van der Waals surface area contributed by atoms with Gasteiger partial charge >= 0.3 is 0 Å². The first kappa shape index (κ1) is 18.6. The highest BCUT2D eigenvalue weighted by Crippen LogP contribution is 2.37. The second kappa shape index (κ2) is 8.45. The summed E-state index contributed by atoms with van der Waals surface area (Å²) in [4.78, 5) is 15.6. The first-order valence-corrected chi connectivity index (χ1v) is 9.45. The predicted molar refractivity (Wildman–Crippen MR) is 98.4 cm³/mol. The lowest BCUT2D eigenvalue weighted by Crippen LogP contribution is -2.33. The number of hydrogen-bond acceptors (Lipinski definition) is 6. The highest BCUT2D eigenvalue weighted by molar-refractivity contribution is 7.10. The van der Waals surface area contributed by atoms with Crippen LogP contribution in [0.1, 0.15) is 28.5 Å². The number of aromatic nitrogens is 2. The van der Waals surface area contributed by atoms with E-state index in [0.29, 0.717) is 31.7 Å². The van der Waals surface area contributed by atoms with E-state index in [4.69, 9.17) is 10.00 Å². The standard InChI is InChI=1S/C18H23N5O2S/c1-22-11-15(9-21-22)18-14(6-17(24)23(18)3-4-25-2)8-20-10-16-5-13(7-19)12-26-16/h5,9,11-12,14,18,20H,3-4,6,8,10H2,1-2H3/t14-,18+/m0/s1. The minimum absolute atomic E-state index is 0.0110. The average molecular weight is 373 g/mol. The molecule has 2 aromatic rings. The molecule has 138 valence electrons. The van der Waals surface area contributed by atoms with Crippen LogP contribution < -0.4 is 5.32 Å². The van der Waals surface area contributed by atoms with Crippen LogP contribution in [-0.4, -0.2) is 47.4 Å². The Kier molecular flexibility index (Phi) is 6.04. The van der Waals surface area contributed by atoms with Gasteiger partial charge in [-0.1, -0.05) is 0 Å². The molecule has 0 unspecified atom stereocenters. The van der Waals surface area contributed by atoms with E-state index in [9.17, 15) is 4.79 Å². The number of nitrogens with one attached hydrogen (secondary N) is 1. The van der Waals surface area contributed by atoms with Crippen LogP contribution >= 0.6 is 11.3 Å². The van der Waals surface area contributed by atoms with Crippen molar-refractivity contribution in [1.82, 2.24) is 20.0 Å². The Hall–Kier alpha value is -2.21. The van der Waals surface area contributed by atoms with E-state index < -0.39 is 0 Å². The van der Waals surface area contributed by atoms with Crippen molar-refractivity contribution in [3.05, 3.63) is 39.8 Å². The van der Waals surface area contributed by atoms with Gasteiger partial charge in [-0.3, -0.25) is 9.48 Å². The van der Waals surface area contributed by atoms with Crippen LogP contribution in [0.5, 0.6) is 0 Å². The molecule has 0 radical (unpaired) electrons. The maximum atomic E-state index is 12.5. The average Bonchev–Trinajstić information content (AvgIpc) is 3.32. The van der Waals surface area contributed by atoms with E-state index >= 15 is 0 Å². The number of likely N-dealkylation sites (tertiary alicyclic amines) is 1. The fourth-order valence-corrected chi connectivity index (χ4v) is 4.24. The van der Waals surface area contributed by atoms with Gasteiger partial charge in [-0.25, -0.2) is 0 Å². The van der Waals surface area contributed by atoms with Gasteiger partial charge in [0.15, 0.2) is 0 Å². The zero-order valence-corrected chi connectivity index (χ0v) is 15.8. The van der Waals surface area contributed by atoms with Gasteiger partial charge in [0.1, 0.15) is 6.07 Å². The summed E-state index contributed by atoms with van der Waals surface area (Å²) in [6.07, 6.45) is 4.34. The third kappa shape index (κ3) is 4.12. The maximum Gasteiger partial charge on any atom is 0.223 e. The normalized spacial score (nSPS) is 19.9. The monoisotopic (exact) mass is 373 g/mol. The molecule has 26 heavy (non-hydrogen) atoms. The lowest BCUT2D eigenvalue weighted by Gasteiger charge is -2.27. The summed E-state index contributed by atoms with van der Waals surface area (Å²) in [5.74, 6) is 0.338. The number of carbonyl (C=O) groups excluding carboxylic acids is 1. The number of methoxy groups -OCH3 is 1. The van der Waals surface area contributed by atoms with Gasteiger partial charge in [0.05, 0.1) is 24.4 Å². The van der Waals surface area contributed by atoms with E-state index in [0.717, 1.165) is 17.0 Å². The Morgan fingerprint density at radius 2 is 2.38 bits per heavy atom. The summed E-state index contributed by atoms with van der Waals surface area (Å²) in [6.45, 7) is 2.54. The van der Waals surface area contributed by atoms with Crippen molar-refractivity contribution in [2.45, 2.75) is 19.0 Å². The van der Waals surface area contributed by atoms with Gasteiger partial charge < -0.3 is 15.0 Å². The predicted octanol–water partition coefficient (Wildman–Crippen LogP) is 1.68. The molecule has 0 aliphatic carbocycles. The fourth-order valence-electron chi connectivity index (χ4n) is 3.46. The number of hydrogen-bond donors (Lipinski definition) is 1. The summed E-state index contributed by atoms with van der Waals surface area (Å²) < 4.78 is 6.94. The van der Waals surface area contributed by atoms with Crippen molar-refractivity contribution >= 4 is 17.2 Å². The molecule has 8 heteroatoms. The molecule has 2 atom stereocenters. The molecule has 1 amide bonds. The molecular weight excluding hydrogens is 350 g/mol. The number of aryl methyl sites for hydroxylation is 1. The molecule has 0 bridgehead atoms. The Labute approximate surface area is 157 Å². The second-order valence-electron chi connectivity index (χ2n) is 6.48. The fraction of sp³-hybridized carbons (Fsp3) is 0.500. The Balaban J connectivity index is 1.67. The van der Waals surface area contributed by atoms with Crippen LogP contribution in [0.4, 0.5) is 0 Å². The Morgan fingerprint density at radius 1 is 1.54 bits per heavy atom. The molecule has 1 N–H and O–H groups in total. The van der Waals surface area contributed by atoms with Crippen molar-refractivity contribution < 1.29 is 9.53 Å². The van der Waals surface area contributed by atoms with E-state index in [1.807, 2.05) is 35.8 Å². The molecule has 1 aliphatic heterocycles. The van der Waals surface area contributed by atoms with Crippen molar-refractivity contribution in [2.24, 2.45) is 13.0 Å². The lowest BCUT2D eigenvalue weighted by atomic mass is 9.95. The molecule has 3 heterocycles. The first-order valence-electron chi connectivity index (χ1n) is 8.57. The Morgan fingerprint density at radius 3 is 3.04 bits per heavy atom. The van der Waals surface area contributed by atoms with Gasteiger partial charge in [-0.15, -0.1) is 11.3 Å². The lowest BCUT2D eigenvalue weighted by molar-refractivity contribution is -0.129. The van der Waals surface area contributed by atoms with Crippen LogP contribution in [0.15, 0.2) is 23.8 Å². The number of ether oxygens (including phenoxy) is 1. The number of rotatable bonds is 8. The molecular formula is C18H23N5O2S. The number of amides is 1. The molecule has 1 saturated heterocycles. The SMILES string of the molecule is COCCN1C(=O)C[C@@H](CNCc2cc(C#N)cs2)[C@@H]1c1cnn(C)c1. The van der Waals surface area contributed by atoms with E-state index in [1.54, 1.807) is 23.1 Å². The summed E-state index contributed by atoms with van der Waals surface area (Å²) in [7, 11) is 3.53. The second-order valence-corrected chi connectivity index (χ2v) is 7.48. The van der Waals surface area contributed by atoms with Gasteiger partial charge in [0.2, 0.25) is 5.91 Å². The summed E-state index contributed by atoms with van der Waals surface area (Å²) in [5.41, 5.74) is 1.76. The number of nitrogens with zero attached hydrogens (tertiary/aromatic N) is 4. The minimum atomic E-state index is 0.0110. The highest BCUT2D eigenvalue weighted by atomic mass is 32.1. The minimum Gasteiger partial charge on any atom is -0.383 e. The quantitative estimate of drug-likeness (QED) is 0.761. The van der Waals surface area contributed by atoms with Gasteiger partial charge in [0, 0.05) is 68.1 Å². The first-order chi connectivity index (χ1) is 12.6. The van der Waals surface area contributed by atoms with Crippen molar-refractivity contribution in [1.29, 1.82) is 5.26 Å². The van der Waals surface area contributed by atoms with Crippen LogP contribution in [0.25, 0.3) is 0 Å². The number of carbonyl (C=O) groups is 1. The molecule has 0 saturated carbocycles. The molecule has 7 nitrogen and oxygen atoms in total. The summed E-state index contributed by atoms with van der Waals surface area (Å²) >= 11 is 1.58. The van der Waals surface area contributed by atoms with Crippen molar-refractivity contribution in [2.75, 3.05) is 26.8 Å². The van der Waals surface area contributed by atoms with Gasteiger partial charge in [-0.2, -0.15) is 10.4 Å². The van der Waals surface area contributed by atoms with Crippen molar-refractivity contribution in [3.63, 3.8) is 0 Å². The maximum absolute atomic E-state index is 12.5. The molecule has 2 aromatic heterocycles.